The first-order chi connectivity index (χ1) is 13.7. The summed E-state index contributed by atoms with van der Waals surface area (Å²) in [6, 6.07) is 12.2. The summed E-state index contributed by atoms with van der Waals surface area (Å²) in [5.74, 6) is 0.509. The van der Waals surface area contributed by atoms with Crippen LogP contribution in [0.25, 0.3) is 0 Å². The smallest absolute Gasteiger partial charge is 0.191 e. The molecule has 0 amide bonds. The number of aliphatic imine (C=N–C) groups is 1. The largest absolute Gasteiger partial charge is 0.357 e. The highest BCUT2D eigenvalue weighted by Gasteiger charge is 2.45. The fraction of sp³-hybridized carbons (Fsp3) is 0.409. The van der Waals surface area contributed by atoms with Gasteiger partial charge in [-0.15, -0.1) is 0 Å². The van der Waals surface area contributed by atoms with Crippen molar-refractivity contribution in [2.45, 2.75) is 43.5 Å². The number of rotatable bonds is 7. The van der Waals surface area contributed by atoms with Crippen molar-refractivity contribution in [1.82, 2.24) is 10.6 Å². The molecule has 1 aliphatic rings. The van der Waals surface area contributed by atoms with Crippen molar-refractivity contribution >= 4 is 15.8 Å². The average molecular weight is 418 g/mol. The molecule has 2 aromatic rings. The van der Waals surface area contributed by atoms with Gasteiger partial charge in [0, 0.05) is 24.8 Å². The molecule has 0 aromatic heterocycles. The van der Waals surface area contributed by atoms with E-state index in [1.165, 1.54) is 12.3 Å². The highest BCUT2D eigenvalue weighted by atomic mass is 32.2. The number of hydrogen-bond acceptors (Lipinski definition) is 3. The summed E-state index contributed by atoms with van der Waals surface area (Å²) in [6.07, 6.45) is 3.11. The Morgan fingerprint density at radius 1 is 1.17 bits per heavy atom. The molecule has 0 spiro atoms. The first-order valence-electron chi connectivity index (χ1n) is 9.82. The van der Waals surface area contributed by atoms with Gasteiger partial charge in [0.2, 0.25) is 0 Å². The second kappa shape index (κ2) is 8.53. The first-order valence-corrected chi connectivity index (χ1v) is 11.7. The number of nitrogens with one attached hydrogen (secondary N) is 2. The van der Waals surface area contributed by atoms with Gasteiger partial charge in [0.1, 0.15) is 5.82 Å². The molecule has 1 fully saturated rings. The standard InChI is InChI=1S/C22H28FN3O2S/c1-4-24-21(25-14-17-9-10-20(16(2)13-17)29(3,27)28)26-15-22(11-12-22)18-7-5-6-8-19(18)23/h5-10,13H,4,11-12,14-15H2,1-3H3,(H2,24,25,26). The van der Waals surface area contributed by atoms with Crippen molar-refractivity contribution in [3.05, 3.63) is 65.0 Å². The van der Waals surface area contributed by atoms with Crippen LogP contribution in [0.5, 0.6) is 0 Å². The summed E-state index contributed by atoms with van der Waals surface area (Å²) >= 11 is 0. The number of halogens is 1. The van der Waals surface area contributed by atoms with Crippen LogP contribution in [0.15, 0.2) is 52.4 Å². The van der Waals surface area contributed by atoms with E-state index in [0.717, 1.165) is 29.5 Å². The summed E-state index contributed by atoms with van der Waals surface area (Å²) in [5.41, 5.74) is 2.24. The van der Waals surface area contributed by atoms with Gasteiger partial charge in [-0.05, 0) is 55.5 Å². The molecular weight excluding hydrogens is 389 g/mol. The maximum Gasteiger partial charge on any atom is 0.191 e. The molecule has 2 N–H and O–H groups in total. The van der Waals surface area contributed by atoms with E-state index in [9.17, 15) is 12.8 Å². The van der Waals surface area contributed by atoms with Crippen LogP contribution in [0.3, 0.4) is 0 Å². The maximum absolute atomic E-state index is 14.2. The lowest BCUT2D eigenvalue weighted by molar-refractivity contribution is 0.559. The van der Waals surface area contributed by atoms with Gasteiger partial charge in [0.15, 0.2) is 15.8 Å². The Kier molecular flexibility index (Phi) is 6.27. The van der Waals surface area contributed by atoms with Crippen molar-refractivity contribution in [3.63, 3.8) is 0 Å². The lowest BCUT2D eigenvalue weighted by Crippen LogP contribution is -2.41. The molecule has 2 aromatic carbocycles. The highest BCUT2D eigenvalue weighted by Crippen LogP contribution is 2.48. The quantitative estimate of drug-likeness (QED) is 0.536. The zero-order chi connectivity index (χ0) is 21.1. The van der Waals surface area contributed by atoms with Crippen LogP contribution >= 0.6 is 0 Å². The van der Waals surface area contributed by atoms with E-state index in [0.29, 0.717) is 30.5 Å². The zero-order valence-electron chi connectivity index (χ0n) is 17.1. The van der Waals surface area contributed by atoms with Gasteiger partial charge in [-0.1, -0.05) is 30.3 Å². The molecule has 0 bridgehead atoms. The summed E-state index contributed by atoms with van der Waals surface area (Å²) in [6.45, 7) is 5.54. The summed E-state index contributed by atoms with van der Waals surface area (Å²) in [5, 5.41) is 6.56. The van der Waals surface area contributed by atoms with E-state index >= 15 is 0 Å². The van der Waals surface area contributed by atoms with E-state index in [-0.39, 0.29) is 11.2 Å². The van der Waals surface area contributed by atoms with Crippen molar-refractivity contribution in [3.8, 4) is 0 Å². The van der Waals surface area contributed by atoms with Crippen LogP contribution < -0.4 is 10.6 Å². The van der Waals surface area contributed by atoms with Gasteiger partial charge < -0.3 is 10.6 Å². The van der Waals surface area contributed by atoms with Crippen molar-refractivity contribution in [1.29, 1.82) is 0 Å². The predicted molar refractivity (Wildman–Crippen MR) is 114 cm³/mol. The lowest BCUT2D eigenvalue weighted by atomic mass is 9.95. The first kappa shape index (κ1) is 21.3. The number of benzene rings is 2. The Morgan fingerprint density at radius 3 is 2.48 bits per heavy atom. The van der Waals surface area contributed by atoms with E-state index in [4.69, 9.17) is 0 Å². The molecule has 3 rings (SSSR count). The number of hydrogen-bond donors (Lipinski definition) is 2. The molecular formula is C22H28FN3O2S. The van der Waals surface area contributed by atoms with Gasteiger partial charge >= 0.3 is 0 Å². The molecule has 5 nitrogen and oxygen atoms in total. The monoisotopic (exact) mass is 417 g/mol. The maximum atomic E-state index is 14.2. The van der Waals surface area contributed by atoms with Crippen molar-refractivity contribution < 1.29 is 12.8 Å². The second-order valence-corrected chi connectivity index (χ2v) is 9.67. The molecule has 156 valence electrons. The minimum atomic E-state index is -3.23. The Labute approximate surface area is 172 Å². The molecule has 7 heteroatoms. The van der Waals surface area contributed by atoms with Crippen molar-refractivity contribution in [2.75, 3.05) is 19.3 Å². The van der Waals surface area contributed by atoms with Crippen LogP contribution in [0.1, 0.15) is 36.5 Å². The Bertz CT molecular complexity index is 1010. The number of guanidine groups is 1. The molecule has 0 aliphatic heterocycles. The fourth-order valence-corrected chi connectivity index (χ4v) is 4.53. The Hall–Kier alpha value is -2.41. The van der Waals surface area contributed by atoms with Crippen LogP contribution in [-0.2, 0) is 21.8 Å². The second-order valence-electron chi connectivity index (χ2n) is 7.68. The molecule has 29 heavy (non-hydrogen) atoms. The van der Waals surface area contributed by atoms with E-state index in [1.54, 1.807) is 25.1 Å². The average Bonchev–Trinajstić information content (AvgIpc) is 3.44. The van der Waals surface area contributed by atoms with Gasteiger partial charge in [0.25, 0.3) is 0 Å². The van der Waals surface area contributed by atoms with Crippen LogP contribution in [-0.4, -0.2) is 33.7 Å². The Morgan fingerprint density at radius 2 is 1.90 bits per heavy atom. The van der Waals surface area contributed by atoms with Crippen molar-refractivity contribution in [2.24, 2.45) is 4.99 Å². The highest BCUT2D eigenvalue weighted by molar-refractivity contribution is 7.90. The third kappa shape index (κ3) is 5.15. The molecule has 0 unspecified atom stereocenters. The number of aryl methyl sites for hydroxylation is 1. The number of nitrogens with zero attached hydrogens (tertiary/aromatic N) is 1. The number of sulfone groups is 1. The van der Waals surface area contributed by atoms with Crippen LogP contribution in [0, 0.1) is 12.7 Å². The van der Waals surface area contributed by atoms with Gasteiger partial charge in [-0.3, -0.25) is 0 Å². The zero-order valence-corrected chi connectivity index (χ0v) is 17.9. The molecule has 1 saturated carbocycles. The van der Waals surface area contributed by atoms with E-state index < -0.39 is 9.84 Å². The van der Waals surface area contributed by atoms with Gasteiger partial charge in [-0.25, -0.2) is 17.8 Å². The summed E-state index contributed by atoms with van der Waals surface area (Å²) < 4.78 is 37.7. The van der Waals surface area contributed by atoms with Gasteiger partial charge in [-0.2, -0.15) is 0 Å². The molecule has 0 saturated heterocycles. The molecule has 0 heterocycles. The Balaban J connectivity index is 1.70. The fourth-order valence-electron chi connectivity index (χ4n) is 3.57. The van der Waals surface area contributed by atoms with Crippen LogP contribution in [0.2, 0.25) is 0 Å². The SMILES string of the molecule is CCNC(=NCc1ccc(S(C)(=O)=O)c(C)c1)NCC1(c2ccccc2F)CC1. The minimum absolute atomic E-state index is 0.157. The third-order valence-corrected chi connectivity index (χ3v) is 6.55. The summed E-state index contributed by atoms with van der Waals surface area (Å²) in [4.78, 5) is 4.96. The van der Waals surface area contributed by atoms with E-state index in [2.05, 4.69) is 15.6 Å². The molecule has 0 atom stereocenters. The summed E-state index contributed by atoms with van der Waals surface area (Å²) in [7, 11) is -3.23. The van der Waals surface area contributed by atoms with Crippen LogP contribution in [0.4, 0.5) is 4.39 Å². The third-order valence-electron chi connectivity index (χ3n) is 5.30. The predicted octanol–water partition coefficient (Wildman–Crippen LogP) is 3.32. The molecule has 1 aliphatic carbocycles. The topological polar surface area (TPSA) is 70.6 Å². The normalized spacial score (nSPS) is 15.8. The van der Waals surface area contributed by atoms with Gasteiger partial charge in [0.05, 0.1) is 11.4 Å². The minimum Gasteiger partial charge on any atom is -0.357 e. The lowest BCUT2D eigenvalue weighted by Gasteiger charge is -2.19. The van der Waals surface area contributed by atoms with E-state index in [1.807, 2.05) is 25.1 Å². The molecule has 0 radical (unpaired) electrons.